The molecule has 0 amide bonds. The summed E-state index contributed by atoms with van der Waals surface area (Å²) in [7, 11) is 0. The molecule has 0 aliphatic heterocycles. The lowest BCUT2D eigenvalue weighted by molar-refractivity contribution is 0.669. The fourth-order valence-corrected chi connectivity index (χ4v) is 8.75. The number of fused-ring (bicyclic) bond motifs is 6. The zero-order valence-corrected chi connectivity index (χ0v) is 31.5. The van der Waals surface area contributed by atoms with Gasteiger partial charge in [-0.1, -0.05) is 152 Å². The van der Waals surface area contributed by atoms with Gasteiger partial charge in [-0.2, -0.15) is 0 Å². The molecular formula is C50H28N6OS. The zero-order chi connectivity index (χ0) is 38.6. The first-order valence-electron chi connectivity index (χ1n) is 18.8. The van der Waals surface area contributed by atoms with E-state index >= 15 is 0 Å². The summed E-state index contributed by atoms with van der Waals surface area (Å²) < 4.78 is 8.99. The van der Waals surface area contributed by atoms with Crippen molar-refractivity contribution >= 4 is 59.3 Å². The van der Waals surface area contributed by atoms with Crippen LogP contribution in [-0.4, -0.2) is 24.9 Å². The SMILES string of the molecule is [C-]#[N+]c1ccc(-c2ccc(-c3nc(-c4ccccc4)nc(-c4cccc5oc6c(-c7nc(-c8ccccc8)c8sc9ccccc9c8n7)cccc6c45)n3)cc2)cc1. The Balaban J connectivity index is 1.08. The summed E-state index contributed by atoms with van der Waals surface area (Å²) in [6, 6.07) is 56.6. The lowest BCUT2D eigenvalue weighted by atomic mass is 10.0. The molecule has 11 rings (SSSR count). The third kappa shape index (κ3) is 5.69. The Kier molecular flexibility index (Phi) is 7.91. The molecule has 0 aliphatic rings. The van der Waals surface area contributed by atoms with Crippen LogP contribution in [0.4, 0.5) is 5.69 Å². The molecule has 0 bridgehead atoms. The molecule has 0 aliphatic carbocycles. The molecule has 7 aromatic carbocycles. The van der Waals surface area contributed by atoms with E-state index in [4.69, 9.17) is 35.9 Å². The highest BCUT2D eigenvalue weighted by molar-refractivity contribution is 7.26. The second-order valence-electron chi connectivity index (χ2n) is 13.9. The van der Waals surface area contributed by atoms with E-state index in [0.717, 1.165) is 71.0 Å². The lowest BCUT2D eigenvalue weighted by Gasteiger charge is -2.10. The van der Waals surface area contributed by atoms with Crippen LogP contribution in [0.15, 0.2) is 174 Å². The van der Waals surface area contributed by atoms with Gasteiger partial charge in [-0.15, -0.1) is 11.3 Å². The van der Waals surface area contributed by atoms with Crippen molar-refractivity contribution < 1.29 is 4.42 Å². The molecule has 0 radical (unpaired) electrons. The van der Waals surface area contributed by atoms with Crippen molar-refractivity contribution in [3.63, 3.8) is 0 Å². The predicted octanol–water partition coefficient (Wildman–Crippen LogP) is 13.5. The van der Waals surface area contributed by atoms with Gasteiger partial charge in [-0.25, -0.2) is 29.8 Å². The molecule has 11 aromatic rings. The van der Waals surface area contributed by atoms with Crippen LogP contribution in [0.5, 0.6) is 0 Å². The first-order valence-corrected chi connectivity index (χ1v) is 19.6. The van der Waals surface area contributed by atoms with Gasteiger partial charge >= 0.3 is 0 Å². The molecule has 4 heterocycles. The van der Waals surface area contributed by atoms with Crippen LogP contribution in [0, 0.1) is 6.57 Å². The van der Waals surface area contributed by atoms with Crippen LogP contribution in [0.1, 0.15) is 0 Å². The fraction of sp³-hybridized carbons (Fsp3) is 0. The molecule has 7 nitrogen and oxygen atoms in total. The molecule has 0 unspecified atom stereocenters. The number of rotatable bonds is 6. The van der Waals surface area contributed by atoms with E-state index in [0.29, 0.717) is 40.2 Å². The van der Waals surface area contributed by atoms with Crippen molar-refractivity contribution in [1.29, 1.82) is 0 Å². The summed E-state index contributed by atoms with van der Waals surface area (Å²) in [5, 5.41) is 2.92. The highest BCUT2D eigenvalue weighted by Crippen LogP contribution is 2.43. The largest absolute Gasteiger partial charge is 0.455 e. The van der Waals surface area contributed by atoms with Gasteiger partial charge < -0.3 is 4.42 Å². The molecule has 0 spiro atoms. The lowest BCUT2D eigenvalue weighted by Crippen LogP contribution is -2.00. The predicted molar refractivity (Wildman–Crippen MR) is 234 cm³/mol. The first-order chi connectivity index (χ1) is 28.7. The maximum Gasteiger partial charge on any atom is 0.187 e. The Hall–Kier alpha value is -7.86. The minimum Gasteiger partial charge on any atom is -0.455 e. The van der Waals surface area contributed by atoms with Crippen LogP contribution in [0.2, 0.25) is 0 Å². The van der Waals surface area contributed by atoms with Crippen LogP contribution in [-0.2, 0) is 0 Å². The molecular weight excluding hydrogens is 733 g/mol. The van der Waals surface area contributed by atoms with Gasteiger partial charge in [0, 0.05) is 43.1 Å². The van der Waals surface area contributed by atoms with Crippen LogP contribution in [0.25, 0.3) is 115 Å². The first kappa shape index (κ1) is 33.5. The van der Waals surface area contributed by atoms with E-state index < -0.39 is 0 Å². The van der Waals surface area contributed by atoms with Gasteiger partial charge in [-0.05, 0) is 29.3 Å². The molecule has 0 atom stereocenters. The summed E-state index contributed by atoms with van der Waals surface area (Å²) in [5.41, 5.74) is 10.3. The number of hydrogen-bond acceptors (Lipinski definition) is 7. The molecule has 0 fully saturated rings. The standard InChI is InChI=1S/C50H28N6OS/c1-51-35-28-26-31(27-29-35)30-22-24-34(25-23-30)48-54-47(33-14-6-3-7-15-33)55-49(56-48)38-18-11-20-40-42(38)37-17-10-19-39(45(37)57-40)50-52-43(32-12-4-2-5-13-32)46-44(53-50)36-16-8-9-21-41(36)58-46/h2-29H. The Bertz CT molecular complexity index is 3390. The average molecular weight is 761 g/mol. The number of benzene rings is 7. The second kappa shape index (κ2) is 13.7. The molecule has 8 heteroatoms. The topological polar surface area (TPSA) is 82.0 Å². The second-order valence-corrected chi connectivity index (χ2v) is 15.0. The summed E-state index contributed by atoms with van der Waals surface area (Å²) in [4.78, 5) is 29.2. The molecule has 0 saturated carbocycles. The molecule has 270 valence electrons. The Morgan fingerprint density at radius 1 is 0.448 bits per heavy atom. The molecule has 58 heavy (non-hydrogen) atoms. The quantitative estimate of drug-likeness (QED) is 0.157. The van der Waals surface area contributed by atoms with Gasteiger partial charge in [0.05, 0.1) is 28.0 Å². The smallest absolute Gasteiger partial charge is 0.187 e. The number of hydrogen-bond donors (Lipinski definition) is 0. The molecule has 0 N–H and O–H groups in total. The summed E-state index contributed by atoms with van der Waals surface area (Å²) in [5.74, 6) is 2.27. The minimum atomic E-state index is 0.537. The number of nitrogens with zero attached hydrogens (tertiary/aromatic N) is 6. The maximum absolute atomic E-state index is 7.29. The third-order valence-electron chi connectivity index (χ3n) is 10.4. The monoisotopic (exact) mass is 760 g/mol. The van der Waals surface area contributed by atoms with Crippen molar-refractivity contribution in [1.82, 2.24) is 24.9 Å². The van der Waals surface area contributed by atoms with E-state index in [1.165, 1.54) is 4.70 Å². The number of aromatic nitrogens is 5. The van der Waals surface area contributed by atoms with E-state index in [9.17, 15) is 0 Å². The van der Waals surface area contributed by atoms with Crippen molar-refractivity contribution in [2.45, 2.75) is 0 Å². The number of thiophene rings is 1. The van der Waals surface area contributed by atoms with E-state index in [2.05, 4.69) is 59.4 Å². The fourth-order valence-electron chi connectivity index (χ4n) is 7.60. The highest BCUT2D eigenvalue weighted by Gasteiger charge is 2.22. The van der Waals surface area contributed by atoms with Gasteiger partial charge in [-0.3, -0.25) is 0 Å². The average Bonchev–Trinajstić information content (AvgIpc) is 3.88. The van der Waals surface area contributed by atoms with Crippen LogP contribution >= 0.6 is 11.3 Å². The van der Waals surface area contributed by atoms with E-state index in [1.807, 2.05) is 115 Å². The van der Waals surface area contributed by atoms with Gasteiger partial charge in [0.25, 0.3) is 0 Å². The van der Waals surface area contributed by atoms with Gasteiger partial charge in [0.15, 0.2) is 29.0 Å². The van der Waals surface area contributed by atoms with E-state index in [-0.39, 0.29) is 0 Å². The minimum absolute atomic E-state index is 0.537. The maximum atomic E-state index is 7.29. The van der Waals surface area contributed by atoms with Crippen molar-refractivity contribution in [2.75, 3.05) is 0 Å². The summed E-state index contributed by atoms with van der Waals surface area (Å²) in [6.07, 6.45) is 0. The Morgan fingerprint density at radius 3 is 1.76 bits per heavy atom. The van der Waals surface area contributed by atoms with E-state index in [1.54, 1.807) is 11.3 Å². The number of furan rings is 1. The van der Waals surface area contributed by atoms with Crippen LogP contribution < -0.4 is 0 Å². The molecule has 0 saturated heterocycles. The normalized spacial score (nSPS) is 11.4. The summed E-state index contributed by atoms with van der Waals surface area (Å²) in [6.45, 7) is 7.29. The van der Waals surface area contributed by atoms with Gasteiger partial charge in [0.1, 0.15) is 11.2 Å². The van der Waals surface area contributed by atoms with Crippen molar-refractivity contribution in [3.05, 3.63) is 181 Å². The van der Waals surface area contributed by atoms with Crippen molar-refractivity contribution in [3.8, 4) is 67.9 Å². The number of para-hydroxylation sites is 1. The zero-order valence-electron chi connectivity index (χ0n) is 30.7. The molecule has 4 aromatic heterocycles. The highest BCUT2D eigenvalue weighted by atomic mass is 32.1. The van der Waals surface area contributed by atoms with Crippen molar-refractivity contribution in [2.24, 2.45) is 0 Å². The van der Waals surface area contributed by atoms with Gasteiger partial charge in [0.2, 0.25) is 0 Å². The van der Waals surface area contributed by atoms with Crippen LogP contribution in [0.3, 0.4) is 0 Å². The Morgan fingerprint density at radius 2 is 1.02 bits per heavy atom. The Labute approximate surface area is 336 Å². The third-order valence-corrected chi connectivity index (χ3v) is 11.6. The summed E-state index contributed by atoms with van der Waals surface area (Å²) >= 11 is 1.72.